The Morgan fingerprint density at radius 1 is 1.12 bits per heavy atom. The van der Waals surface area contributed by atoms with E-state index in [0.29, 0.717) is 48.8 Å². The highest BCUT2D eigenvalue weighted by atomic mass is 19.1. The van der Waals surface area contributed by atoms with Gasteiger partial charge in [-0.15, -0.1) is 10.2 Å². The molecule has 0 amide bonds. The van der Waals surface area contributed by atoms with Crippen LogP contribution in [0, 0.1) is 39.9 Å². The minimum Gasteiger partial charge on any atom is -0.387 e. The molecule has 0 radical (unpaired) electrons. The fourth-order valence-corrected chi connectivity index (χ4v) is 9.08. The number of quaternary nitrogens is 1. The number of carbonyl (C=O) groups excluding carboxylic acids is 1. The molecule has 0 aliphatic heterocycles. The maximum atomic E-state index is 13.7. The Hall–Kier alpha value is -1.21. The van der Waals surface area contributed by atoms with Crippen LogP contribution in [0.2, 0.25) is 0 Å². The summed E-state index contributed by atoms with van der Waals surface area (Å²) in [6.07, 6.45) is 8.61. The molecule has 0 aromatic heterocycles. The second-order valence-electron chi connectivity index (χ2n) is 12.7. The van der Waals surface area contributed by atoms with Crippen LogP contribution < -0.4 is 11.2 Å². The normalized spacial score (nSPS) is 47.4. The number of hydrazone groups is 1. The van der Waals surface area contributed by atoms with Gasteiger partial charge in [-0.25, -0.2) is 9.82 Å². The van der Waals surface area contributed by atoms with Gasteiger partial charge in [0.15, 0.2) is 5.78 Å². The molecule has 0 saturated heterocycles. The van der Waals surface area contributed by atoms with Gasteiger partial charge in [0.1, 0.15) is 19.1 Å². The zero-order valence-corrected chi connectivity index (χ0v) is 21.4. The van der Waals surface area contributed by atoms with E-state index in [1.165, 1.54) is 0 Å². The number of ketones is 1. The lowest BCUT2D eigenvalue weighted by Gasteiger charge is -2.66. The second-order valence-corrected chi connectivity index (χ2v) is 12.7. The number of amidine groups is 1. The molecular formula is C26H46FN4O2+. The highest BCUT2D eigenvalue weighted by Crippen LogP contribution is 2.71. The third-order valence-corrected chi connectivity index (χ3v) is 11.0. The van der Waals surface area contributed by atoms with E-state index >= 15 is 0 Å². The van der Waals surface area contributed by atoms with Crippen molar-refractivity contribution < 1.29 is 19.7 Å². The summed E-state index contributed by atoms with van der Waals surface area (Å²) in [5, 5.41) is 16.8. The molecule has 7 heteroatoms. The number of hydrogen-bond donors (Lipinski definition) is 3. The topological polar surface area (TPSA) is 95.5 Å². The summed E-state index contributed by atoms with van der Waals surface area (Å²) < 4.78 is 13.7. The molecule has 0 bridgehead atoms. The first-order chi connectivity index (χ1) is 15.4. The first-order valence-electron chi connectivity index (χ1n) is 13.1. The lowest BCUT2D eigenvalue weighted by atomic mass is 9.39. The van der Waals surface area contributed by atoms with E-state index in [1.807, 2.05) is 12.5 Å². The summed E-state index contributed by atoms with van der Waals surface area (Å²) in [7, 11) is 1.89. The van der Waals surface area contributed by atoms with Gasteiger partial charge in [-0.2, -0.15) is 0 Å². The number of nitrogens with zero attached hydrogens (tertiary/aromatic N) is 2. The fraction of sp³-hybridized carbons (Fsp3) is 0.923. The molecule has 4 aliphatic rings. The highest BCUT2D eigenvalue weighted by Gasteiger charge is 2.65. The predicted molar refractivity (Wildman–Crippen MR) is 128 cm³/mol. The standard InChI is InChI=1S/C26H45FN4O2/c1-17(28)30-31(29-5)14-22(32)21-7-6-19-18-8-10-23(2)15-26(33,16-27)13-12-25(23,4)20(18)9-11-24(19,21)3/h18-21,29,33H,6-16H2,1-5H3,(H2,28,30)/p+1. The van der Waals surface area contributed by atoms with Gasteiger partial charge >= 0.3 is 0 Å². The van der Waals surface area contributed by atoms with E-state index in [-0.39, 0.29) is 22.2 Å². The molecule has 4 fully saturated rings. The average Bonchev–Trinajstić information content (AvgIpc) is 3.11. The minimum absolute atomic E-state index is 0.00955. The van der Waals surface area contributed by atoms with Crippen LogP contribution in [0.4, 0.5) is 4.39 Å². The van der Waals surface area contributed by atoms with Gasteiger partial charge in [0.25, 0.3) is 0 Å². The van der Waals surface area contributed by atoms with Crippen LogP contribution in [-0.4, -0.2) is 47.7 Å². The van der Waals surface area contributed by atoms with E-state index in [4.69, 9.17) is 5.73 Å². The first-order valence-corrected chi connectivity index (χ1v) is 13.1. The summed E-state index contributed by atoms with van der Waals surface area (Å²) in [6, 6.07) is 0. The molecule has 4 aliphatic carbocycles. The third-order valence-electron chi connectivity index (χ3n) is 11.0. The quantitative estimate of drug-likeness (QED) is 0.243. The van der Waals surface area contributed by atoms with Crippen molar-refractivity contribution in [3.8, 4) is 0 Å². The Morgan fingerprint density at radius 3 is 2.48 bits per heavy atom. The maximum Gasteiger partial charge on any atom is 0.163 e. The molecule has 6 nitrogen and oxygen atoms in total. The molecule has 4 saturated carbocycles. The fourth-order valence-electron chi connectivity index (χ4n) is 9.08. The summed E-state index contributed by atoms with van der Waals surface area (Å²) in [6.45, 7) is 8.53. The molecule has 0 heterocycles. The number of Topliss-reactive ketones (excluding diaryl/α,β-unsaturated/α-hetero) is 1. The number of halogens is 1. The van der Waals surface area contributed by atoms with Crippen LogP contribution in [0.1, 0.15) is 85.5 Å². The Balaban J connectivity index is 1.53. The SMILES string of the molecule is C[NH2+]N(CC(=O)C1CCC2C3CCC4(C)CC(O)(CF)CCC4(C)C3CCC12C)N=C(C)N. The zero-order chi connectivity index (χ0) is 24.2. The lowest BCUT2D eigenvalue weighted by molar-refractivity contribution is -0.782. The molecule has 8 atom stereocenters. The molecule has 188 valence electrons. The Bertz CT molecular complexity index is 803. The van der Waals surface area contributed by atoms with Gasteiger partial charge < -0.3 is 10.8 Å². The molecular weight excluding hydrogens is 419 g/mol. The third kappa shape index (κ3) is 3.91. The molecule has 4 rings (SSSR count). The van der Waals surface area contributed by atoms with Crippen LogP contribution >= 0.6 is 0 Å². The largest absolute Gasteiger partial charge is 0.387 e. The Labute approximate surface area is 198 Å². The number of alkyl halides is 1. The number of aliphatic hydroxyl groups is 1. The molecule has 5 N–H and O–H groups in total. The molecule has 8 unspecified atom stereocenters. The predicted octanol–water partition coefficient (Wildman–Crippen LogP) is 3.01. The van der Waals surface area contributed by atoms with Gasteiger partial charge in [0.05, 0.1) is 12.6 Å². The van der Waals surface area contributed by atoms with Crippen molar-refractivity contribution in [2.75, 3.05) is 20.3 Å². The summed E-state index contributed by atoms with van der Waals surface area (Å²) >= 11 is 0. The van der Waals surface area contributed by atoms with Gasteiger partial charge in [-0.3, -0.25) is 4.79 Å². The Kier molecular flexibility index (Phi) is 6.39. The summed E-state index contributed by atoms with van der Waals surface area (Å²) in [5.74, 6) is 2.66. The van der Waals surface area contributed by atoms with Crippen molar-refractivity contribution in [3.05, 3.63) is 0 Å². The number of carbonyl (C=O) groups is 1. The number of fused-ring (bicyclic) bond motifs is 5. The first kappa shape index (κ1) is 24.9. The minimum atomic E-state index is -1.14. The maximum absolute atomic E-state index is 13.7. The second kappa shape index (κ2) is 8.47. The van der Waals surface area contributed by atoms with Gasteiger partial charge in [0, 0.05) is 5.92 Å². The van der Waals surface area contributed by atoms with E-state index in [9.17, 15) is 14.3 Å². The van der Waals surface area contributed by atoms with Gasteiger partial charge in [-0.05, 0) is 98.7 Å². The smallest absolute Gasteiger partial charge is 0.163 e. The van der Waals surface area contributed by atoms with E-state index in [2.05, 4.69) is 25.9 Å². The van der Waals surface area contributed by atoms with Gasteiger partial charge in [0.2, 0.25) is 0 Å². The van der Waals surface area contributed by atoms with Gasteiger partial charge in [-0.1, -0.05) is 20.8 Å². The van der Waals surface area contributed by atoms with Crippen LogP contribution in [0.25, 0.3) is 0 Å². The van der Waals surface area contributed by atoms with E-state index < -0.39 is 12.3 Å². The van der Waals surface area contributed by atoms with Crippen molar-refractivity contribution in [1.82, 2.24) is 5.12 Å². The van der Waals surface area contributed by atoms with Crippen molar-refractivity contribution in [2.45, 2.75) is 91.1 Å². The zero-order valence-electron chi connectivity index (χ0n) is 21.4. The van der Waals surface area contributed by atoms with Crippen LogP contribution in [0.3, 0.4) is 0 Å². The summed E-state index contributed by atoms with van der Waals surface area (Å²) in [5.41, 5.74) is 6.62. The van der Waals surface area contributed by atoms with E-state index in [0.717, 1.165) is 44.9 Å². The van der Waals surface area contributed by atoms with Crippen molar-refractivity contribution >= 4 is 11.6 Å². The molecule has 0 aromatic carbocycles. The van der Waals surface area contributed by atoms with Crippen molar-refractivity contribution in [1.29, 1.82) is 0 Å². The van der Waals surface area contributed by atoms with Crippen LogP contribution in [-0.2, 0) is 4.79 Å². The molecule has 33 heavy (non-hydrogen) atoms. The molecule has 0 aromatic rings. The van der Waals surface area contributed by atoms with Crippen LogP contribution in [0.15, 0.2) is 5.10 Å². The van der Waals surface area contributed by atoms with E-state index in [1.54, 1.807) is 12.0 Å². The van der Waals surface area contributed by atoms with Crippen LogP contribution in [0.5, 0.6) is 0 Å². The van der Waals surface area contributed by atoms with Crippen molar-refractivity contribution in [3.63, 3.8) is 0 Å². The average molecular weight is 466 g/mol. The molecule has 0 spiro atoms. The number of rotatable bonds is 6. The number of nitrogens with two attached hydrogens (primary N) is 2. The highest BCUT2D eigenvalue weighted by molar-refractivity contribution is 5.84. The summed E-state index contributed by atoms with van der Waals surface area (Å²) in [4.78, 5) is 13.4. The lowest BCUT2D eigenvalue weighted by Crippen LogP contribution is -2.89. The number of hydrogen-bond acceptors (Lipinski definition) is 4. The van der Waals surface area contributed by atoms with Crippen molar-refractivity contribution in [2.24, 2.45) is 50.8 Å². The monoisotopic (exact) mass is 465 g/mol. The Morgan fingerprint density at radius 2 is 1.85 bits per heavy atom.